The first-order valence-electron chi connectivity index (χ1n) is 10.8. The van der Waals surface area contributed by atoms with Crippen molar-refractivity contribution in [3.05, 3.63) is 113 Å². The second-order valence-electron chi connectivity index (χ2n) is 8.29. The van der Waals surface area contributed by atoms with Crippen molar-refractivity contribution in [1.82, 2.24) is 0 Å². The molecule has 0 saturated heterocycles. The zero-order valence-electron chi connectivity index (χ0n) is 18.0. The van der Waals surface area contributed by atoms with Crippen LogP contribution in [0.25, 0.3) is 0 Å². The van der Waals surface area contributed by atoms with Crippen LogP contribution in [-0.4, -0.2) is 5.71 Å². The normalized spacial score (nSPS) is 17.2. The molecule has 0 saturated carbocycles. The highest BCUT2D eigenvalue weighted by Crippen LogP contribution is 2.43. The number of aliphatic imine (C=N–C) groups is 1. The number of hydrogen-bond donors (Lipinski definition) is 0. The lowest BCUT2D eigenvalue weighted by Gasteiger charge is -2.15. The van der Waals surface area contributed by atoms with Crippen molar-refractivity contribution in [2.45, 2.75) is 45.0 Å². The molecule has 0 aliphatic heterocycles. The van der Waals surface area contributed by atoms with E-state index in [0.717, 1.165) is 48.6 Å². The fourth-order valence-corrected chi connectivity index (χ4v) is 4.26. The summed E-state index contributed by atoms with van der Waals surface area (Å²) in [7, 11) is 0. The Labute approximate surface area is 183 Å². The minimum absolute atomic E-state index is 0.0207. The van der Waals surface area contributed by atoms with Crippen molar-refractivity contribution in [2.75, 3.05) is 0 Å². The van der Waals surface area contributed by atoms with Crippen molar-refractivity contribution in [3.63, 3.8) is 0 Å². The molecule has 0 fully saturated rings. The van der Waals surface area contributed by atoms with Crippen molar-refractivity contribution in [2.24, 2.45) is 4.99 Å². The van der Waals surface area contributed by atoms with Crippen LogP contribution in [0.3, 0.4) is 0 Å². The average Bonchev–Trinajstić information content (AvgIpc) is 3.03. The third-order valence-electron chi connectivity index (χ3n) is 5.88. The number of hydrogen-bond acceptors (Lipinski definition) is 1. The fourth-order valence-electron chi connectivity index (χ4n) is 4.26. The minimum atomic E-state index is -2.90. The molecule has 31 heavy (non-hydrogen) atoms. The van der Waals surface area contributed by atoms with Gasteiger partial charge in [0.1, 0.15) is 0 Å². The zero-order valence-corrected chi connectivity index (χ0v) is 18.0. The van der Waals surface area contributed by atoms with Crippen LogP contribution >= 0.6 is 0 Å². The van der Waals surface area contributed by atoms with Gasteiger partial charge in [0.2, 0.25) is 0 Å². The van der Waals surface area contributed by atoms with E-state index in [1.807, 2.05) is 18.2 Å². The molecule has 3 aromatic carbocycles. The molecule has 0 heterocycles. The van der Waals surface area contributed by atoms with E-state index in [2.05, 4.69) is 43.8 Å². The Kier molecular flexibility index (Phi) is 5.86. The Bertz CT molecular complexity index is 1140. The standard InChI is InChI=1S/C28H27F2N/c1-4-5-10-20-11-8-12-21(17-20)26-19(2)27(25-16-7-6-15-24(25)26)31-23-14-9-13-22(18-23)28(3,29)30/h6-9,11-18,26H,2,4-5,10H2,1,3H3. The number of unbranched alkanes of at least 4 members (excludes halogenated alkanes) is 1. The van der Waals surface area contributed by atoms with Crippen molar-refractivity contribution < 1.29 is 8.78 Å². The van der Waals surface area contributed by atoms with Crippen molar-refractivity contribution >= 4 is 11.4 Å². The number of allylic oxidation sites excluding steroid dienone is 1. The van der Waals surface area contributed by atoms with Crippen molar-refractivity contribution in [3.8, 4) is 0 Å². The Hall–Kier alpha value is -3.07. The monoisotopic (exact) mass is 415 g/mol. The first kappa shape index (κ1) is 21.2. The number of aryl methyl sites for hydroxylation is 1. The number of benzene rings is 3. The predicted molar refractivity (Wildman–Crippen MR) is 125 cm³/mol. The van der Waals surface area contributed by atoms with E-state index < -0.39 is 5.92 Å². The van der Waals surface area contributed by atoms with Gasteiger partial charge in [0, 0.05) is 24.0 Å². The first-order chi connectivity index (χ1) is 14.9. The van der Waals surface area contributed by atoms with Crippen LogP contribution in [0.1, 0.15) is 60.4 Å². The Balaban J connectivity index is 1.76. The van der Waals surface area contributed by atoms with Crippen LogP contribution in [0.4, 0.5) is 14.5 Å². The number of rotatable bonds is 6. The second-order valence-corrected chi connectivity index (χ2v) is 8.29. The third-order valence-corrected chi connectivity index (χ3v) is 5.88. The quantitative estimate of drug-likeness (QED) is 0.387. The summed E-state index contributed by atoms with van der Waals surface area (Å²) < 4.78 is 27.6. The van der Waals surface area contributed by atoms with Gasteiger partial charge in [-0.25, -0.2) is 13.8 Å². The summed E-state index contributed by atoms with van der Waals surface area (Å²) in [5.74, 6) is -2.88. The van der Waals surface area contributed by atoms with Gasteiger partial charge in [-0.3, -0.25) is 0 Å². The van der Waals surface area contributed by atoms with E-state index >= 15 is 0 Å². The van der Waals surface area contributed by atoms with Crippen LogP contribution in [0.5, 0.6) is 0 Å². The molecule has 4 rings (SSSR count). The molecule has 1 unspecified atom stereocenters. The summed E-state index contributed by atoms with van der Waals surface area (Å²) in [6.45, 7) is 7.50. The Morgan fingerprint density at radius 3 is 2.52 bits per heavy atom. The highest BCUT2D eigenvalue weighted by molar-refractivity contribution is 6.19. The first-order valence-corrected chi connectivity index (χ1v) is 10.8. The van der Waals surface area contributed by atoms with Gasteiger partial charge in [-0.05, 0) is 47.2 Å². The smallest absolute Gasteiger partial charge is 0.248 e. The van der Waals surface area contributed by atoms with Crippen LogP contribution in [-0.2, 0) is 12.3 Å². The maximum Gasteiger partial charge on any atom is 0.270 e. The van der Waals surface area contributed by atoms with E-state index in [-0.39, 0.29) is 11.5 Å². The second kappa shape index (κ2) is 8.58. The third kappa shape index (κ3) is 4.36. The number of halogens is 2. The van der Waals surface area contributed by atoms with Gasteiger partial charge in [-0.2, -0.15) is 0 Å². The molecule has 1 nitrogen and oxygen atoms in total. The molecule has 0 spiro atoms. The van der Waals surface area contributed by atoms with Crippen LogP contribution < -0.4 is 0 Å². The van der Waals surface area contributed by atoms with Gasteiger partial charge >= 0.3 is 0 Å². The van der Waals surface area contributed by atoms with Gasteiger partial charge < -0.3 is 0 Å². The number of nitrogens with zero attached hydrogens (tertiary/aromatic N) is 1. The van der Waals surface area contributed by atoms with E-state index in [9.17, 15) is 8.78 Å². The Morgan fingerprint density at radius 2 is 1.74 bits per heavy atom. The zero-order chi connectivity index (χ0) is 22.0. The Morgan fingerprint density at radius 1 is 0.968 bits per heavy atom. The summed E-state index contributed by atoms with van der Waals surface area (Å²) in [4.78, 5) is 4.79. The minimum Gasteiger partial charge on any atom is -0.248 e. The van der Waals surface area contributed by atoms with E-state index in [0.29, 0.717) is 5.69 Å². The van der Waals surface area contributed by atoms with E-state index in [1.165, 1.54) is 23.3 Å². The van der Waals surface area contributed by atoms with Gasteiger partial charge in [-0.15, -0.1) is 0 Å². The van der Waals surface area contributed by atoms with Gasteiger partial charge in [0.05, 0.1) is 11.4 Å². The topological polar surface area (TPSA) is 12.4 Å². The maximum atomic E-state index is 13.8. The molecule has 1 atom stereocenters. The van der Waals surface area contributed by atoms with Gasteiger partial charge in [0.15, 0.2) is 0 Å². The average molecular weight is 416 g/mol. The summed E-state index contributed by atoms with van der Waals surface area (Å²) >= 11 is 0. The summed E-state index contributed by atoms with van der Waals surface area (Å²) in [5.41, 5.74) is 6.87. The molecule has 3 heteroatoms. The fraction of sp³-hybridized carbons (Fsp3) is 0.250. The molecule has 3 aromatic rings. The van der Waals surface area contributed by atoms with Gasteiger partial charge in [0.25, 0.3) is 5.92 Å². The number of alkyl halides is 2. The summed E-state index contributed by atoms with van der Waals surface area (Å²) in [5, 5.41) is 0. The van der Waals surface area contributed by atoms with Gasteiger partial charge in [-0.1, -0.05) is 80.6 Å². The van der Waals surface area contributed by atoms with Crippen LogP contribution in [0.2, 0.25) is 0 Å². The molecule has 0 N–H and O–H groups in total. The molecular weight excluding hydrogens is 388 g/mol. The molecule has 0 amide bonds. The summed E-state index contributed by atoms with van der Waals surface area (Å²) in [6, 6.07) is 23.1. The van der Waals surface area contributed by atoms with Crippen LogP contribution in [0, 0.1) is 0 Å². The largest absolute Gasteiger partial charge is 0.270 e. The lowest BCUT2D eigenvalue weighted by molar-refractivity contribution is 0.0175. The molecule has 1 aliphatic carbocycles. The molecule has 0 bridgehead atoms. The predicted octanol–water partition coefficient (Wildman–Crippen LogP) is 7.96. The maximum absolute atomic E-state index is 13.8. The highest BCUT2D eigenvalue weighted by Gasteiger charge is 2.32. The van der Waals surface area contributed by atoms with Crippen molar-refractivity contribution in [1.29, 1.82) is 0 Å². The lowest BCUT2D eigenvalue weighted by Crippen LogP contribution is -2.06. The van der Waals surface area contributed by atoms with E-state index in [4.69, 9.17) is 4.99 Å². The molecular formula is C28H27F2N. The highest BCUT2D eigenvalue weighted by atomic mass is 19.3. The number of fused-ring (bicyclic) bond motifs is 1. The molecule has 0 radical (unpaired) electrons. The lowest BCUT2D eigenvalue weighted by atomic mass is 9.89. The molecule has 158 valence electrons. The summed E-state index contributed by atoms with van der Waals surface area (Å²) in [6.07, 6.45) is 3.39. The van der Waals surface area contributed by atoms with Crippen LogP contribution in [0.15, 0.2) is 89.9 Å². The molecule has 0 aromatic heterocycles. The SMILES string of the molecule is C=C1C(=Nc2cccc(C(C)(F)F)c2)c2ccccc2C1c1cccc(CCCC)c1. The van der Waals surface area contributed by atoms with E-state index in [1.54, 1.807) is 12.1 Å². The molecule has 1 aliphatic rings.